The van der Waals surface area contributed by atoms with Gasteiger partial charge in [-0.3, -0.25) is 4.79 Å². The minimum atomic E-state index is -1.54. The van der Waals surface area contributed by atoms with Crippen LogP contribution in [-0.4, -0.2) is 25.1 Å². The normalized spacial score (nSPS) is 11.7. The largest absolute Gasteiger partial charge is 0.496 e. The first-order valence-corrected chi connectivity index (χ1v) is 12.2. The Balaban J connectivity index is 1.56. The summed E-state index contributed by atoms with van der Waals surface area (Å²) in [5.74, 6) is 1.03. The number of rotatable bonds is 12. The van der Waals surface area contributed by atoms with Crippen LogP contribution in [0.25, 0.3) is 6.08 Å². The molecule has 6 heteroatoms. The Hall–Kier alpha value is -4.55. The second-order valence-corrected chi connectivity index (χ2v) is 8.44. The average Bonchev–Trinajstić information content (AvgIpc) is 2.98. The highest BCUT2D eigenvalue weighted by atomic mass is 16.5. The molecule has 38 heavy (non-hydrogen) atoms. The number of para-hydroxylation sites is 1. The van der Waals surface area contributed by atoms with E-state index in [9.17, 15) is 9.90 Å². The molecule has 0 aliphatic carbocycles. The first kappa shape index (κ1) is 26.5. The molecule has 0 saturated carbocycles. The minimum Gasteiger partial charge on any atom is -0.496 e. The zero-order valence-electron chi connectivity index (χ0n) is 21.4. The van der Waals surface area contributed by atoms with Crippen molar-refractivity contribution < 1.29 is 28.8 Å². The summed E-state index contributed by atoms with van der Waals surface area (Å²) in [5.41, 5.74) is 2.87. The number of aliphatic hydroxyl groups excluding tert-OH is 1. The Bertz CT molecular complexity index is 1370. The average molecular weight is 511 g/mol. The van der Waals surface area contributed by atoms with E-state index in [1.165, 1.54) is 20.3 Å². The quantitative estimate of drug-likeness (QED) is 0.230. The molecule has 0 bridgehead atoms. The van der Waals surface area contributed by atoms with Gasteiger partial charge in [0.1, 0.15) is 30.8 Å². The SMILES string of the molecule is COc1ccc(OC)c(C(O)C(=O)/C=C\c2ccccc2OCc2ccccc2)c1OCc1ccccc1. The fraction of sp³-hybridized carbons (Fsp3) is 0.156. The summed E-state index contributed by atoms with van der Waals surface area (Å²) in [7, 11) is 2.97. The summed E-state index contributed by atoms with van der Waals surface area (Å²) in [6.45, 7) is 0.617. The van der Waals surface area contributed by atoms with Gasteiger partial charge in [-0.05, 0) is 41.5 Å². The minimum absolute atomic E-state index is 0.200. The molecule has 0 aromatic heterocycles. The van der Waals surface area contributed by atoms with Crippen molar-refractivity contribution in [1.82, 2.24) is 0 Å². The Morgan fingerprint density at radius 2 is 1.26 bits per heavy atom. The first-order chi connectivity index (χ1) is 18.6. The number of hydrogen-bond donors (Lipinski definition) is 1. The molecule has 0 spiro atoms. The van der Waals surface area contributed by atoms with Gasteiger partial charge in [-0.15, -0.1) is 0 Å². The van der Waals surface area contributed by atoms with Crippen molar-refractivity contribution in [2.75, 3.05) is 14.2 Å². The number of methoxy groups -OCH3 is 2. The third-order valence-corrected chi connectivity index (χ3v) is 5.91. The number of benzene rings is 4. The van der Waals surface area contributed by atoms with Gasteiger partial charge in [0.2, 0.25) is 0 Å². The summed E-state index contributed by atoms with van der Waals surface area (Å²) < 4.78 is 23.0. The second kappa shape index (κ2) is 13.1. The van der Waals surface area contributed by atoms with E-state index in [1.54, 1.807) is 18.2 Å². The maximum absolute atomic E-state index is 13.2. The number of aliphatic hydroxyl groups is 1. The molecule has 0 radical (unpaired) electrons. The smallest absolute Gasteiger partial charge is 0.188 e. The monoisotopic (exact) mass is 510 g/mol. The molecule has 0 amide bonds. The van der Waals surface area contributed by atoms with Gasteiger partial charge in [0.15, 0.2) is 17.3 Å². The summed E-state index contributed by atoms with van der Waals surface area (Å²) in [5, 5.41) is 11.2. The van der Waals surface area contributed by atoms with Crippen LogP contribution >= 0.6 is 0 Å². The lowest BCUT2D eigenvalue weighted by molar-refractivity contribution is -0.122. The van der Waals surface area contributed by atoms with Gasteiger partial charge in [-0.25, -0.2) is 0 Å². The van der Waals surface area contributed by atoms with Crippen molar-refractivity contribution in [3.05, 3.63) is 125 Å². The Morgan fingerprint density at radius 3 is 1.89 bits per heavy atom. The Labute approximate surface area is 222 Å². The summed E-state index contributed by atoms with van der Waals surface area (Å²) in [4.78, 5) is 13.2. The van der Waals surface area contributed by atoms with E-state index in [-0.39, 0.29) is 17.9 Å². The number of hydrogen-bond acceptors (Lipinski definition) is 6. The van der Waals surface area contributed by atoms with Gasteiger partial charge in [0.25, 0.3) is 0 Å². The van der Waals surface area contributed by atoms with E-state index in [0.29, 0.717) is 29.4 Å². The third kappa shape index (κ3) is 6.60. The van der Waals surface area contributed by atoms with Crippen LogP contribution in [-0.2, 0) is 18.0 Å². The molecule has 0 aliphatic rings. The van der Waals surface area contributed by atoms with Crippen LogP contribution < -0.4 is 18.9 Å². The van der Waals surface area contributed by atoms with Crippen molar-refractivity contribution in [3.8, 4) is 23.0 Å². The van der Waals surface area contributed by atoms with Crippen molar-refractivity contribution in [3.63, 3.8) is 0 Å². The Kier molecular flexibility index (Phi) is 9.16. The topological polar surface area (TPSA) is 74.2 Å². The molecule has 6 nitrogen and oxygen atoms in total. The van der Waals surface area contributed by atoms with Crippen molar-refractivity contribution in [2.24, 2.45) is 0 Å². The predicted molar refractivity (Wildman–Crippen MR) is 147 cm³/mol. The molecular weight excluding hydrogens is 480 g/mol. The molecule has 4 aromatic carbocycles. The van der Waals surface area contributed by atoms with Crippen molar-refractivity contribution in [2.45, 2.75) is 19.3 Å². The maximum Gasteiger partial charge on any atom is 0.188 e. The molecule has 194 valence electrons. The van der Waals surface area contributed by atoms with E-state index in [0.717, 1.165) is 11.1 Å². The van der Waals surface area contributed by atoms with Crippen molar-refractivity contribution >= 4 is 11.9 Å². The van der Waals surface area contributed by atoms with Crippen LogP contribution in [0.4, 0.5) is 0 Å². The number of ketones is 1. The molecule has 1 atom stereocenters. The van der Waals surface area contributed by atoms with Gasteiger partial charge in [-0.2, -0.15) is 0 Å². The molecule has 0 aliphatic heterocycles. The molecule has 0 fully saturated rings. The second-order valence-electron chi connectivity index (χ2n) is 8.44. The van der Waals surface area contributed by atoms with Gasteiger partial charge in [0.05, 0.1) is 19.8 Å². The van der Waals surface area contributed by atoms with Crippen LogP contribution in [0.2, 0.25) is 0 Å². The standard InChI is InChI=1S/C32H30O6/c1-35-28-19-20-29(36-2)32(38-22-24-13-7-4-8-14-24)30(28)31(34)26(33)18-17-25-15-9-10-16-27(25)37-21-23-11-5-3-6-12-23/h3-20,31,34H,21-22H2,1-2H3/b18-17-. The van der Waals surface area contributed by atoms with Gasteiger partial charge >= 0.3 is 0 Å². The summed E-state index contributed by atoms with van der Waals surface area (Å²) in [6, 6.07) is 30.1. The number of ether oxygens (including phenoxy) is 4. The van der Waals surface area contributed by atoms with E-state index >= 15 is 0 Å². The van der Waals surface area contributed by atoms with Crippen LogP contribution in [0.5, 0.6) is 23.0 Å². The molecule has 0 saturated heterocycles. The molecule has 0 heterocycles. The van der Waals surface area contributed by atoms with E-state index < -0.39 is 11.9 Å². The van der Waals surface area contributed by atoms with E-state index in [2.05, 4.69) is 0 Å². The lowest BCUT2D eigenvalue weighted by Gasteiger charge is -2.20. The lowest BCUT2D eigenvalue weighted by Crippen LogP contribution is -2.13. The lowest BCUT2D eigenvalue weighted by atomic mass is 10.0. The van der Waals surface area contributed by atoms with Gasteiger partial charge < -0.3 is 24.1 Å². The van der Waals surface area contributed by atoms with Gasteiger partial charge in [0, 0.05) is 5.56 Å². The molecule has 1 unspecified atom stereocenters. The number of carbonyl (C=O) groups is 1. The van der Waals surface area contributed by atoms with Gasteiger partial charge in [-0.1, -0.05) is 78.9 Å². The zero-order valence-corrected chi connectivity index (χ0v) is 21.4. The maximum atomic E-state index is 13.2. The molecular formula is C32H30O6. The van der Waals surface area contributed by atoms with Crippen LogP contribution in [0, 0.1) is 0 Å². The summed E-state index contributed by atoms with van der Waals surface area (Å²) in [6.07, 6.45) is 1.41. The summed E-state index contributed by atoms with van der Waals surface area (Å²) >= 11 is 0. The van der Waals surface area contributed by atoms with E-state index in [4.69, 9.17) is 18.9 Å². The number of carbonyl (C=O) groups excluding carboxylic acids is 1. The van der Waals surface area contributed by atoms with Crippen LogP contribution in [0.15, 0.2) is 103 Å². The highest BCUT2D eigenvalue weighted by Crippen LogP contribution is 2.42. The predicted octanol–water partition coefficient (Wildman–Crippen LogP) is 6.18. The fourth-order valence-corrected chi connectivity index (χ4v) is 3.93. The fourth-order valence-electron chi connectivity index (χ4n) is 3.93. The molecule has 1 N–H and O–H groups in total. The third-order valence-electron chi connectivity index (χ3n) is 5.91. The Morgan fingerprint density at radius 1 is 0.711 bits per heavy atom. The first-order valence-electron chi connectivity index (χ1n) is 12.2. The highest BCUT2D eigenvalue weighted by Gasteiger charge is 2.27. The highest BCUT2D eigenvalue weighted by molar-refractivity contribution is 5.98. The molecule has 4 rings (SSSR count). The molecule has 4 aromatic rings. The van der Waals surface area contributed by atoms with Crippen LogP contribution in [0.1, 0.15) is 28.4 Å². The zero-order chi connectivity index (χ0) is 26.7. The van der Waals surface area contributed by atoms with Crippen LogP contribution in [0.3, 0.4) is 0 Å². The van der Waals surface area contributed by atoms with E-state index in [1.807, 2.05) is 84.9 Å². The van der Waals surface area contributed by atoms with Crippen molar-refractivity contribution in [1.29, 1.82) is 0 Å².